The normalized spacial score (nSPS) is 13.9. The van der Waals surface area contributed by atoms with Crippen LogP contribution in [0.2, 0.25) is 0 Å². The fraction of sp³-hybridized carbons (Fsp3) is 0.263. The Labute approximate surface area is 165 Å². The van der Waals surface area contributed by atoms with E-state index < -0.39 is 0 Å². The van der Waals surface area contributed by atoms with E-state index in [2.05, 4.69) is 15.5 Å². The number of furan rings is 1. The quantitative estimate of drug-likeness (QED) is 0.634. The van der Waals surface area contributed by atoms with Gasteiger partial charge >= 0.3 is 0 Å². The van der Waals surface area contributed by atoms with Gasteiger partial charge in [0.2, 0.25) is 11.8 Å². The smallest absolute Gasteiger partial charge is 0.277 e. The minimum absolute atomic E-state index is 0.137. The number of benzene rings is 1. The van der Waals surface area contributed by atoms with Gasteiger partial charge in [-0.2, -0.15) is 0 Å². The average molecular weight is 398 g/mol. The van der Waals surface area contributed by atoms with Gasteiger partial charge in [0.25, 0.3) is 11.1 Å². The van der Waals surface area contributed by atoms with Crippen LogP contribution in [-0.2, 0) is 9.59 Å². The zero-order valence-electron chi connectivity index (χ0n) is 15.2. The third-order valence-electron chi connectivity index (χ3n) is 4.36. The van der Waals surface area contributed by atoms with Gasteiger partial charge in [-0.05, 0) is 43.7 Å². The molecular formula is C19H18N4O4S. The molecule has 1 aromatic carbocycles. The molecule has 9 heteroatoms. The molecule has 1 aliphatic rings. The molecule has 0 bridgehead atoms. The van der Waals surface area contributed by atoms with Crippen LogP contribution < -0.4 is 10.2 Å². The molecule has 0 unspecified atom stereocenters. The second-order valence-electron chi connectivity index (χ2n) is 6.30. The molecule has 4 rings (SSSR count). The molecule has 1 saturated heterocycles. The summed E-state index contributed by atoms with van der Waals surface area (Å²) in [5.74, 6) is 1.14. The van der Waals surface area contributed by atoms with Gasteiger partial charge < -0.3 is 19.1 Å². The van der Waals surface area contributed by atoms with Crippen LogP contribution in [0.5, 0.6) is 0 Å². The Kier molecular flexibility index (Phi) is 5.16. The predicted molar refractivity (Wildman–Crippen MR) is 104 cm³/mol. The Morgan fingerprint density at radius 3 is 2.75 bits per heavy atom. The summed E-state index contributed by atoms with van der Waals surface area (Å²) in [7, 11) is 0. The SMILES string of the molecule is Cc1occc1-c1nnc(SCC(=O)Nc2ccc(N3CCCC3=O)cc2)o1. The summed E-state index contributed by atoms with van der Waals surface area (Å²) < 4.78 is 10.8. The lowest BCUT2D eigenvalue weighted by Crippen LogP contribution is -2.23. The molecule has 1 N–H and O–H groups in total. The maximum absolute atomic E-state index is 12.2. The Hall–Kier alpha value is -3.07. The van der Waals surface area contributed by atoms with Crippen LogP contribution in [0.4, 0.5) is 11.4 Å². The summed E-state index contributed by atoms with van der Waals surface area (Å²) in [4.78, 5) is 25.7. The molecule has 2 aromatic heterocycles. The Morgan fingerprint density at radius 1 is 1.25 bits per heavy atom. The maximum atomic E-state index is 12.2. The first-order valence-electron chi connectivity index (χ1n) is 8.81. The van der Waals surface area contributed by atoms with E-state index in [9.17, 15) is 9.59 Å². The number of rotatable bonds is 6. The van der Waals surface area contributed by atoms with E-state index in [1.165, 1.54) is 0 Å². The maximum Gasteiger partial charge on any atom is 0.277 e. The van der Waals surface area contributed by atoms with E-state index in [1.807, 2.05) is 19.1 Å². The number of anilines is 2. The number of hydrogen-bond acceptors (Lipinski definition) is 7. The van der Waals surface area contributed by atoms with Crippen molar-refractivity contribution in [3.8, 4) is 11.5 Å². The highest BCUT2D eigenvalue weighted by atomic mass is 32.2. The fourth-order valence-electron chi connectivity index (χ4n) is 2.95. The average Bonchev–Trinajstić information content (AvgIpc) is 3.42. The van der Waals surface area contributed by atoms with E-state index in [0.717, 1.165) is 36.0 Å². The molecule has 0 aliphatic carbocycles. The second-order valence-corrected chi connectivity index (χ2v) is 7.22. The number of nitrogens with one attached hydrogen (secondary N) is 1. The summed E-state index contributed by atoms with van der Waals surface area (Å²) in [6, 6.07) is 9.00. The van der Waals surface area contributed by atoms with Gasteiger partial charge in [0, 0.05) is 24.3 Å². The van der Waals surface area contributed by atoms with E-state index in [0.29, 0.717) is 29.0 Å². The monoisotopic (exact) mass is 398 g/mol. The van der Waals surface area contributed by atoms with Crippen molar-refractivity contribution in [1.82, 2.24) is 10.2 Å². The molecule has 8 nitrogen and oxygen atoms in total. The van der Waals surface area contributed by atoms with Crippen LogP contribution in [-0.4, -0.2) is 34.3 Å². The van der Waals surface area contributed by atoms with Crippen molar-refractivity contribution in [3.63, 3.8) is 0 Å². The van der Waals surface area contributed by atoms with Gasteiger partial charge in [-0.3, -0.25) is 9.59 Å². The topological polar surface area (TPSA) is 101 Å². The van der Waals surface area contributed by atoms with E-state index in [-0.39, 0.29) is 17.6 Å². The second kappa shape index (κ2) is 7.89. The number of nitrogens with zero attached hydrogens (tertiary/aromatic N) is 3. The molecule has 1 aliphatic heterocycles. The van der Waals surface area contributed by atoms with Crippen LogP contribution in [0.1, 0.15) is 18.6 Å². The summed E-state index contributed by atoms with van der Waals surface area (Å²) in [5, 5.41) is 11.0. The third-order valence-corrected chi connectivity index (χ3v) is 5.18. The van der Waals surface area contributed by atoms with Gasteiger partial charge in [0.05, 0.1) is 17.6 Å². The zero-order chi connectivity index (χ0) is 19.5. The van der Waals surface area contributed by atoms with E-state index in [4.69, 9.17) is 8.83 Å². The Morgan fingerprint density at radius 2 is 2.07 bits per heavy atom. The van der Waals surface area contributed by atoms with Gasteiger partial charge in [0.1, 0.15) is 5.76 Å². The largest absolute Gasteiger partial charge is 0.469 e. The van der Waals surface area contributed by atoms with Crippen LogP contribution in [0.15, 0.2) is 50.7 Å². The molecule has 0 spiro atoms. The highest BCUT2D eigenvalue weighted by molar-refractivity contribution is 7.99. The minimum Gasteiger partial charge on any atom is -0.469 e. The van der Waals surface area contributed by atoms with Crippen LogP contribution in [0, 0.1) is 6.92 Å². The van der Waals surface area contributed by atoms with Gasteiger partial charge in [0.15, 0.2) is 0 Å². The van der Waals surface area contributed by atoms with Crippen molar-refractivity contribution in [1.29, 1.82) is 0 Å². The van der Waals surface area contributed by atoms with E-state index in [1.54, 1.807) is 29.4 Å². The lowest BCUT2D eigenvalue weighted by Gasteiger charge is -2.16. The number of amides is 2. The Balaban J connectivity index is 1.31. The summed E-state index contributed by atoms with van der Waals surface area (Å²) in [6.07, 6.45) is 3.03. The molecule has 0 atom stereocenters. The van der Waals surface area contributed by atoms with Crippen molar-refractivity contribution in [2.24, 2.45) is 0 Å². The third kappa shape index (κ3) is 3.94. The number of aromatic nitrogens is 2. The number of hydrogen-bond donors (Lipinski definition) is 1. The summed E-state index contributed by atoms with van der Waals surface area (Å²) in [6.45, 7) is 2.55. The number of thioether (sulfide) groups is 1. The molecule has 144 valence electrons. The van der Waals surface area contributed by atoms with Crippen molar-refractivity contribution in [3.05, 3.63) is 42.4 Å². The molecule has 28 heavy (non-hydrogen) atoms. The fourth-order valence-corrected chi connectivity index (χ4v) is 3.52. The molecule has 1 fully saturated rings. The lowest BCUT2D eigenvalue weighted by molar-refractivity contribution is -0.117. The summed E-state index contributed by atoms with van der Waals surface area (Å²) in [5.41, 5.74) is 2.25. The van der Waals surface area contributed by atoms with Crippen molar-refractivity contribution < 1.29 is 18.4 Å². The van der Waals surface area contributed by atoms with Gasteiger partial charge in [-0.25, -0.2) is 0 Å². The van der Waals surface area contributed by atoms with Crippen molar-refractivity contribution in [2.75, 3.05) is 22.5 Å². The lowest BCUT2D eigenvalue weighted by atomic mass is 10.2. The highest BCUT2D eigenvalue weighted by Gasteiger charge is 2.21. The van der Waals surface area contributed by atoms with Gasteiger partial charge in [-0.1, -0.05) is 11.8 Å². The molecule has 3 heterocycles. The molecule has 2 amide bonds. The standard InChI is InChI=1S/C19H18N4O4S/c1-12-15(8-10-26-12)18-21-22-19(27-18)28-11-16(24)20-13-4-6-14(7-5-13)23-9-2-3-17(23)25/h4-8,10H,2-3,9,11H2,1H3,(H,20,24). The first-order valence-corrected chi connectivity index (χ1v) is 9.80. The first kappa shape index (κ1) is 18.3. The van der Waals surface area contributed by atoms with Crippen LogP contribution in [0.3, 0.4) is 0 Å². The Bertz CT molecular complexity index is 996. The van der Waals surface area contributed by atoms with Gasteiger partial charge in [-0.15, -0.1) is 10.2 Å². The highest BCUT2D eigenvalue weighted by Crippen LogP contribution is 2.27. The number of carbonyl (C=O) groups excluding carboxylic acids is 2. The molecule has 0 saturated carbocycles. The molecular weight excluding hydrogens is 380 g/mol. The number of carbonyl (C=O) groups is 2. The first-order chi connectivity index (χ1) is 13.6. The van der Waals surface area contributed by atoms with Crippen LogP contribution in [0.25, 0.3) is 11.5 Å². The predicted octanol–water partition coefficient (Wildman–Crippen LogP) is 3.50. The summed E-state index contributed by atoms with van der Waals surface area (Å²) >= 11 is 1.16. The molecule has 0 radical (unpaired) electrons. The van der Waals surface area contributed by atoms with Crippen LogP contribution >= 0.6 is 11.8 Å². The van der Waals surface area contributed by atoms with Crippen molar-refractivity contribution >= 4 is 35.0 Å². The zero-order valence-corrected chi connectivity index (χ0v) is 16.0. The van der Waals surface area contributed by atoms with Crippen molar-refractivity contribution in [2.45, 2.75) is 25.0 Å². The molecule has 3 aromatic rings. The van der Waals surface area contributed by atoms with E-state index >= 15 is 0 Å². The number of aryl methyl sites for hydroxylation is 1. The minimum atomic E-state index is -0.186.